The average molecular weight is 824 g/mol. The molecule has 0 saturated carbocycles. The second-order valence-corrected chi connectivity index (χ2v) is 21.8. The Morgan fingerprint density at radius 1 is 0.429 bits per heavy atom. The van der Waals surface area contributed by atoms with E-state index in [9.17, 15) is 0 Å². The van der Waals surface area contributed by atoms with Gasteiger partial charge in [0.2, 0.25) is 5.69 Å². The Balaban J connectivity index is 1.40. The van der Waals surface area contributed by atoms with Gasteiger partial charge in [0.15, 0.2) is 5.58 Å². The lowest BCUT2D eigenvalue weighted by atomic mass is 9.85. The third kappa shape index (κ3) is 6.38. The zero-order chi connectivity index (χ0) is 44.5. The maximum atomic E-state index is 9.06. The predicted octanol–water partition coefficient (Wildman–Crippen LogP) is 17.2. The summed E-state index contributed by atoms with van der Waals surface area (Å²) in [6.45, 7) is 36.4. The number of furan rings is 1. The van der Waals surface area contributed by atoms with Crippen molar-refractivity contribution in [1.29, 1.82) is 0 Å². The summed E-state index contributed by atoms with van der Waals surface area (Å²) in [6, 6.07) is 46.7. The van der Waals surface area contributed by atoms with Crippen molar-refractivity contribution >= 4 is 71.2 Å². The number of nitrogens with zero attached hydrogens (tertiary/aromatic N) is 3. The maximum Gasteiger partial charge on any atom is 0.213 e. The van der Waals surface area contributed by atoms with Gasteiger partial charge in [-0.05, 0) is 104 Å². The fourth-order valence-corrected chi connectivity index (χ4v) is 9.66. The highest BCUT2D eigenvalue weighted by Gasteiger charge is 2.29. The Morgan fingerprint density at radius 2 is 0.857 bits per heavy atom. The third-order valence-electron chi connectivity index (χ3n) is 13.4. The summed E-state index contributed by atoms with van der Waals surface area (Å²) in [7, 11) is 0. The molecule has 4 nitrogen and oxygen atoms in total. The molecule has 0 atom stereocenters. The van der Waals surface area contributed by atoms with E-state index in [0.29, 0.717) is 5.69 Å². The lowest BCUT2D eigenvalue weighted by Crippen LogP contribution is -2.10. The molecule has 3 aromatic heterocycles. The first-order valence-electron chi connectivity index (χ1n) is 22.4. The lowest BCUT2D eigenvalue weighted by molar-refractivity contribution is 0.590. The summed E-state index contributed by atoms with van der Waals surface area (Å²) in [4.78, 5) is 4.47. The number of rotatable bonds is 3. The van der Waals surface area contributed by atoms with Crippen molar-refractivity contribution in [3.05, 3.63) is 161 Å². The third-order valence-corrected chi connectivity index (χ3v) is 13.4. The lowest BCUT2D eigenvalue weighted by Gasteiger charge is -2.20. The summed E-state index contributed by atoms with van der Waals surface area (Å²) in [6.07, 6.45) is 0. The van der Waals surface area contributed by atoms with E-state index < -0.39 is 0 Å². The molecule has 3 heterocycles. The Kier molecular flexibility index (Phi) is 8.82. The molecular formula is C59H57N3O. The highest BCUT2D eigenvalue weighted by molar-refractivity contribution is 6.21. The summed E-state index contributed by atoms with van der Waals surface area (Å²) in [5.41, 5.74) is 15.2. The van der Waals surface area contributed by atoms with Crippen LogP contribution in [0.2, 0.25) is 0 Å². The molecule has 10 aromatic rings. The van der Waals surface area contributed by atoms with E-state index in [1.165, 1.54) is 43.8 Å². The van der Waals surface area contributed by atoms with E-state index >= 15 is 0 Å². The minimum atomic E-state index is -0.0426. The standard InChI is InChI=1S/C59H57N3O/c1-56(2,3)36-22-26-47-42(30-36)43-31-37(57(4,5)6)23-27-48(43)61(47)51-34-46(60-13)53(52-41-21-17-20-40(54(41)63-55(51)52)35-18-15-14-16-19-35)62-49-28-24-38(58(7,8)9)32-44(49)45-33-39(59(10,11)12)25-29-50(45)62/h14-34H,1-12H3. The van der Waals surface area contributed by atoms with Crippen LogP contribution >= 0.6 is 0 Å². The number of hydrogen-bond acceptors (Lipinski definition) is 1. The molecule has 0 aliphatic carbocycles. The minimum Gasteiger partial charge on any atom is -0.453 e. The van der Waals surface area contributed by atoms with Crippen molar-refractivity contribution in [3.8, 4) is 22.5 Å². The summed E-state index contributed by atoms with van der Waals surface area (Å²) in [5, 5.41) is 6.65. The Labute approximate surface area is 371 Å². The highest BCUT2D eigenvalue weighted by Crippen LogP contribution is 2.49. The molecule has 0 spiro atoms. The summed E-state index contributed by atoms with van der Waals surface area (Å²) >= 11 is 0. The predicted molar refractivity (Wildman–Crippen MR) is 269 cm³/mol. The smallest absolute Gasteiger partial charge is 0.213 e. The molecule has 314 valence electrons. The normalized spacial score (nSPS) is 13.1. The van der Waals surface area contributed by atoms with Gasteiger partial charge in [0, 0.05) is 37.9 Å². The number of hydrogen-bond donors (Lipinski definition) is 0. The van der Waals surface area contributed by atoms with Crippen LogP contribution in [0, 0.1) is 6.57 Å². The van der Waals surface area contributed by atoms with Crippen LogP contribution in [0.4, 0.5) is 5.69 Å². The first-order valence-corrected chi connectivity index (χ1v) is 22.4. The van der Waals surface area contributed by atoms with E-state index in [1.54, 1.807) is 0 Å². The van der Waals surface area contributed by atoms with Gasteiger partial charge >= 0.3 is 0 Å². The van der Waals surface area contributed by atoms with E-state index in [4.69, 9.17) is 11.0 Å². The topological polar surface area (TPSA) is 27.4 Å². The summed E-state index contributed by atoms with van der Waals surface area (Å²) < 4.78 is 12.1. The van der Waals surface area contributed by atoms with Gasteiger partial charge in [0.05, 0.1) is 40.0 Å². The molecule has 0 unspecified atom stereocenters. The van der Waals surface area contributed by atoms with Gasteiger partial charge in [0.25, 0.3) is 0 Å². The SMILES string of the molecule is [C-]#[N+]c1cc(-n2c3ccc(C(C)(C)C)cc3c3cc(C(C)(C)C)ccc32)c2oc3c(-c4ccccc4)cccc3c2c1-n1c2ccc(C(C)(C)C)cc2c2cc(C(C)(C)C)ccc21. The van der Waals surface area contributed by atoms with Crippen LogP contribution in [0.15, 0.2) is 132 Å². The number of fused-ring (bicyclic) bond motifs is 9. The number of para-hydroxylation sites is 1. The molecule has 0 bridgehead atoms. The summed E-state index contributed by atoms with van der Waals surface area (Å²) in [5.74, 6) is 0. The zero-order valence-electron chi connectivity index (χ0n) is 38.9. The molecule has 0 N–H and O–H groups in total. The molecule has 0 fully saturated rings. The second-order valence-electron chi connectivity index (χ2n) is 21.8. The second kappa shape index (κ2) is 13.7. The molecule has 0 aliphatic heterocycles. The van der Waals surface area contributed by atoms with Gasteiger partial charge in [0.1, 0.15) is 5.58 Å². The zero-order valence-corrected chi connectivity index (χ0v) is 38.9. The van der Waals surface area contributed by atoms with E-state index in [1.807, 2.05) is 0 Å². The van der Waals surface area contributed by atoms with Gasteiger partial charge < -0.3 is 13.6 Å². The van der Waals surface area contributed by atoms with E-state index in [2.05, 4.69) is 224 Å². The van der Waals surface area contributed by atoms with Crippen LogP contribution in [0.1, 0.15) is 105 Å². The van der Waals surface area contributed by atoms with Gasteiger partial charge in [-0.1, -0.05) is 156 Å². The quantitative estimate of drug-likeness (QED) is 0.163. The van der Waals surface area contributed by atoms with Gasteiger partial charge in [-0.3, -0.25) is 0 Å². The van der Waals surface area contributed by atoms with Gasteiger partial charge in [-0.2, -0.15) is 0 Å². The molecule has 0 aliphatic rings. The monoisotopic (exact) mass is 823 g/mol. The van der Waals surface area contributed by atoms with Crippen LogP contribution in [0.3, 0.4) is 0 Å². The largest absolute Gasteiger partial charge is 0.453 e. The van der Waals surface area contributed by atoms with Crippen LogP contribution in [0.25, 0.3) is 92.9 Å². The first-order chi connectivity index (χ1) is 29.7. The van der Waals surface area contributed by atoms with Crippen molar-refractivity contribution in [2.45, 2.75) is 105 Å². The highest BCUT2D eigenvalue weighted by atomic mass is 16.3. The molecular weight excluding hydrogens is 767 g/mol. The number of benzene rings is 7. The molecule has 10 rings (SSSR count). The van der Waals surface area contributed by atoms with Crippen LogP contribution in [-0.4, -0.2) is 9.13 Å². The fourth-order valence-electron chi connectivity index (χ4n) is 9.66. The first kappa shape index (κ1) is 40.5. The minimum absolute atomic E-state index is 0.0351. The van der Waals surface area contributed by atoms with Crippen LogP contribution < -0.4 is 0 Å². The van der Waals surface area contributed by atoms with E-state index in [-0.39, 0.29) is 21.7 Å². The Hall–Kier alpha value is -6.57. The van der Waals surface area contributed by atoms with Gasteiger partial charge in [-0.25, -0.2) is 4.85 Å². The Morgan fingerprint density at radius 3 is 1.27 bits per heavy atom. The molecule has 4 heteroatoms. The van der Waals surface area contributed by atoms with Crippen LogP contribution in [0.5, 0.6) is 0 Å². The molecule has 7 aromatic carbocycles. The maximum absolute atomic E-state index is 9.06. The van der Waals surface area contributed by atoms with Crippen molar-refractivity contribution < 1.29 is 4.42 Å². The molecule has 0 saturated heterocycles. The van der Waals surface area contributed by atoms with Crippen LogP contribution in [-0.2, 0) is 21.7 Å². The van der Waals surface area contributed by atoms with Crippen molar-refractivity contribution in [2.24, 2.45) is 0 Å². The van der Waals surface area contributed by atoms with Crippen molar-refractivity contribution in [2.75, 3.05) is 0 Å². The molecule has 0 radical (unpaired) electrons. The van der Waals surface area contributed by atoms with Crippen molar-refractivity contribution in [3.63, 3.8) is 0 Å². The van der Waals surface area contributed by atoms with Crippen molar-refractivity contribution in [1.82, 2.24) is 9.13 Å². The molecule has 63 heavy (non-hydrogen) atoms. The Bertz CT molecular complexity index is 3390. The molecule has 0 amide bonds. The number of aromatic nitrogens is 2. The van der Waals surface area contributed by atoms with Gasteiger partial charge in [-0.15, -0.1) is 0 Å². The fraction of sp³-hybridized carbons (Fsp3) is 0.271. The van der Waals surface area contributed by atoms with E-state index in [0.717, 1.165) is 66.5 Å². The average Bonchev–Trinajstić information content (AvgIpc) is 3.89.